The summed E-state index contributed by atoms with van der Waals surface area (Å²) in [6, 6.07) is 9.41. The van der Waals surface area contributed by atoms with Crippen LogP contribution in [0.3, 0.4) is 0 Å². The van der Waals surface area contributed by atoms with Crippen LogP contribution in [0.25, 0.3) is 10.8 Å². The number of fused-ring (bicyclic) bond motifs is 1. The Bertz CT molecular complexity index is 1090. The summed E-state index contributed by atoms with van der Waals surface area (Å²) in [5.74, 6) is -3.76. The first-order valence-electron chi connectivity index (χ1n) is 10.3. The monoisotopic (exact) mass is 430 g/mol. The SMILES string of the molecule is CC(F)(F)C(=O)N1CCC(COc2coc(Cn3cc4ccccc4c3)cc2=O)CC1. The lowest BCUT2D eigenvalue weighted by Gasteiger charge is -2.33. The molecule has 164 valence electrons. The van der Waals surface area contributed by atoms with Gasteiger partial charge in [0.25, 0.3) is 5.91 Å². The summed E-state index contributed by atoms with van der Waals surface area (Å²) in [6.45, 7) is 1.84. The van der Waals surface area contributed by atoms with E-state index in [1.807, 2.05) is 41.2 Å². The van der Waals surface area contributed by atoms with E-state index in [9.17, 15) is 18.4 Å². The molecule has 1 aliphatic rings. The van der Waals surface area contributed by atoms with E-state index in [4.69, 9.17) is 9.15 Å². The summed E-state index contributed by atoms with van der Waals surface area (Å²) < 4.78 is 39.5. The maximum Gasteiger partial charge on any atom is 0.322 e. The molecule has 0 radical (unpaired) electrons. The molecule has 0 aliphatic carbocycles. The van der Waals surface area contributed by atoms with Gasteiger partial charge < -0.3 is 18.6 Å². The fourth-order valence-corrected chi connectivity index (χ4v) is 3.83. The molecule has 8 heteroatoms. The number of benzene rings is 1. The van der Waals surface area contributed by atoms with E-state index in [1.54, 1.807) is 0 Å². The fraction of sp³-hybridized carbons (Fsp3) is 0.391. The number of carbonyl (C=O) groups is 1. The predicted octanol–water partition coefficient (Wildman–Crippen LogP) is 3.92. The molecule has 0 saturated carbocycles. The molecule has 0 unspecified atom stereocenters. The first-order chi connectivity index (χ1) is 14.8. The lowest BCUT2D eigenvalue weighted by Crippen LogP contribution is -2.46. The Kier molecular flexibility index (Phi) is 5.80. The second-order valence-electron chi connectivity index (χ2n) is 8.07. The molecule has 0 spiro atoms. The van der Waals surface area contributed by atoms with E-state index < -0.39 is 11.8 Å². The fourth-order valence-electron chi connectivity index (χ4n) is 3.83. The van der Waals surface area contributed by atoms with Crippen molar-refractivity contribution in [3.63, 3.8) is 0 Å². The first-order valence-corrected chi connectivity index (χ1v) is 10.3. The van der Waals surface area contributed by atoms with Gasteiger partial charge in [-0.2, -0.15) is 8.78 Å². The van der Waals surface area contributed by atoms with Crippen LogP contribution in [0.4, 0.5) is 8.78 Å². The molecule has 3 aromatic rings. The van der Waals surface area contributed by atoms with E-state index in [2.05, 4.69) is 0 Å². The second-order valence-corrected chi connectivity index (χ2v) is 8.07. The third-order valence-electron chi connectivity index (χ3n) is 5.55. The number of amides is 1. The summed E-state index contributed by atoms with van der Waals surface area (Å²) in [4.78, 5) is 25.2. The number of piperidine rings is 1. The quantitative estimate of drug-likeness (QED) is 0.595. The number of alkyl halides is 2. The highest BCUT2D eigenvalue weighted by atomic mass is 19.3. The zero-order valence-corrected chi connectivity index (χ0v) is 17.2. The van der Waals surface area contributed by atoms with Crippen molar-refractivity contribution < 1.29 is 22.7 Å². The van der Waals surface area contributed by atoms with Gasteiger partial charge in [0.05, 0.1) is 13.2 Å². The highest BCUT2D eigenvalue weighted by Gasteiger charge is 2.38. The molecule has 1 saturated heterocycles. The van der Waals surface area contributed by atoms with E-state index in [1.165, 1.54) is 17.2 Å². The normalized spacial score (nSPS) is 15.4. The maximum absolute atomic E-state index is 13.2. The van der Waals surface area contributed by atoms with Gasteiger partial charge in [-0.15, -0.1) is 0 Å². The lowest BCUT2D eigenvalue weighted by atomic mass is 9.97. The molecule has 0 N–H and O–H groups in total. The van der Waals surface area contributed by atoms with Crippen molar-refractivity contribution in [2.24, 2.45) is 5.92 Å². The molecule has 31 heavy (non-hydrogen) atoms. The third kappa shape index (κ3) is 4.95. The standard InChI is InChI=1S/C23H24F2N2O4/c1-23(24,25)22(29)27-8-6-16(7-9-27)14-31-21-15-30-19(10-20(21)28)13-26-11-17-4-2-3-5-18(17)12-26/h2-5,10-12,15-16H,6-9,13-14H2,1H3. The minimum atomic E-state index is -3.35. The molecule has 1 amide bonds. The van der Waals surface area contributed by atoms with Crippen LogP contribution in [0.1, 0.15) is 25.5 Å². The van der Waals surface area contributed by atoms with Crippen LogP contribution in [-0.4, -0.2) is 41.0 Å². The van der Waals surface area contributed by atoms with E-state index >= 15 is 0 Å². The van der Waals surface area contributed by atoms with Crippen molar-refractivity contribution in [3.8, 4) is 5.75 Å². The summed E-state index contributed by atoms with van der Waals surface area (Å²) in [5.41, 5.74) is -0.267. The van der Waals surface area contributed by atoms with Gasteiger partial charge in [0, 0.05) is 38.5 Å². The average molecular weight is 430 g/mol. The molecular weight excluding hydrogens is 406 g/mol. The molecule has 3 heterocycles. The largest absolute Gasteiger partial charge is 0.486 e. The lowest BCUT2D eigenvalue weighted by molar-refractivity contribution is -0.156. The van der Waals surface area contributed by atoms with Crippen LogP contribution < -0.4 is 10.2 Å². The molecule has 2 aromatic heterocycles. The first kappa shape index (κ1) is 21.1. The Morgan fingerprint density at radius 2 is 1.84 bits per heavy atom. The van der Waals surface area contributed by atoms with Crippen molar-refractivity contribution in [3.05, 3.63) is 65.0 Å². The van der Waals surface area contributed by atoms with E-state index in [-0.39, 0.29) is 36.8 Å². The summed E-state index contributed by atoms with van der Waals surface area (Å²) in [6.07, 6.45) is 6.40. The number of ether oxygens (including phenoxy) is 1. The molecule has 1 aliphatic heterocycles. The summed E-state index contributed by atoms with van der Waals surface area (Å²) in [7, 11) is 0. The number of rotatable bonds is 6. The number of aromatic nitrogens is 1. The highest BCUT2D eigenvalue weighted by Crippen LogP contribution is 2.23. The second kappa shape index (κ2) is 8.53. The highest BCUT2D eigenvalue weighted by molar-refractivity contribution is 5.83. The van der Waals surface area contributed by atoms with Gasteiger partial charge in [-0.3, -0.25) is 9.59 Å². The van der Waals surface area contributed by atoms with Crippen molar-refractivity contribution in [1.29, 1.82) is 0 Å². The van der Waals surface area contributed by atoms with Crippen molar-refractivity contribution in [2.75, 3.05) is 19.7 Å². The molecule has 1 aromatic carbocycles. The van der Waals surface area contributed by atoms with Gasteiger partial charge in [0.1, 0.15) is 12.0 Å². The average Bonchev–Trinajstić information content (AvgIpc) is 3.14. The number of halogens is 2. The maximum atomic E-state index is 13.2. The number of hydrogen-bond acceptors (Lipinski definition) is 4. The molecular formula is C23H24F2N2O4. The van der Waals surface area contributed by atoms with Crippen LogP contribution in [0.2, 0.25) is 0 Å². The predicted molar refractivity (Wildman–Crippen MR) is 111 cm³/mol. The van der Waals surface area contributed by atoms with Crippen molar-refractivity contribution in [1.82, 2.24) is 9.47 Å². The van der Waals surface area contributed by atoms with Gasteiger partial charge in [0.15, 0.2) is 0 Å². The molecule has 0 atom stereocenters. The van der Waals surface area contributed by atoms with Gasteiger partial charge in [-0.25, -0.2) is 0 Å². The van der Waals surface area contributed by atoms with Gasteiger partial charge in [0.2, 0.25) is 11.2 Å². The molecule has 1 fully saturated rings. The van der Waals surface area contributed by atoms with Crippen LogP contribution in [0, 0.1) is 5.92 Å². The van der Waals surface area contributed by atoms with Crippen LogP contribution >= 0.6 is 0 Å². The molecule has 6 nitrogen and oxygen atoms in total. The smallest absolute Gasteiger partial charge is 0.322 e. The van der Waals surface area contributed by atoms with Crippen LogP contribution in [0.5, 0.6) is 5.75 Å². The Hall–Kier alpha value is -3.16. The Morgan fingerprint density at radius 3 is 2.42 bits per heavy atom. The van der Waals surface area contributed by atoms with Crippen molar-refractivity contribution in [2.45, 2.75) is 32.2 Å². The van der Waals surface area contributed by atoms with Crippen molar-refractivity contribution >= 4 is 16.7 Å². The van der Waals surface area contributed by atoms with Gasteiger partial charge >= 0.3 is 5.92 Å². The zero-order valence-electron chi connectivity index (χ0n) is 17.2. The number of nitrogens with zero attached hydrogens (tertiary/aromatic N) is 2. The Labute approximate surface area is 178 Å². The Morgan fingerprint density at radius 1 is 1.19 bits per heavy atom. The van der Waals surface area contributed by atoms with E-state index in [0.717, 1.165) is 10.8 Å². The number of carbonyl (C=O) groups excluding carboxylic acids is 1. The van der Waals surface area contributed by atoms with Gasteiger partial charge in [-0.05, 0) is 29.5 Å². The minimum absolute atomic E-state index is 0.0842. The molecule has 0 bridgehead atoms. The Balaban J connectivity index is 1.31. The number of hydrogen-bond donors (Lipinski definition) is 0. The van der Waals surface area contributed by atoms with Crippen LogP contribution in [-0.2, 0) is 11.3 Å². The third-order valence-corrected chi connectivity index (χ3v) is 5.55. The summed E-state index contributed by atoms with van der Waals surface area (Å²) >= 11 is 0. The van der Waals surface area contributed by atoms with Gasteiger partial charge in [-0.1, -0.05) is 24.3 Å². The zero-order chi connectivity index (χ0) is 22.0. The topological polar surface area (TPSA) is 64.7 Å². The van der Waals surface area contributed by atoms with Crippen LogP contribution in [0.15, 0.2) is 58.2 Å². The number of likely N-dealkylation sites (tertiary alicyclic amines) is 1. The van der Waals surface area contributed by atoms with E-state index in [0.29, 0.717) is 32.1 Å². The molecule has 4 rings (SSSR count). The minimum Gasteiger partial charge on any atom is -0.486 e. The summed E-state index contributed by atoms with van der Waals surface area (Å²) in [5, 5.41) is 2.22.